The van der Waals surface area contributed by atoms with E-state index < -0.39 is 6.29 Å². The van der Waals surface area contributed by atoms with Crippen molar-refractivity contribution in [2.45, 2.75) is 63.8 Å². The van der Waals surface area contributed by atoms with Crippen molar-refractivity contribution in [2.75, 3.05) is 84.8 Å². The summed E-state index contributed by atoms with van der Waals surface area (Å²) in [6, 6.07) is 15.0. The molecular formula is C34H52N4O5. The zero-order valence-corrected chi connectivity index (χ0v) is 26.5. The van der Waals surface area contributed by atoms with Crippen LogP contribution in [0.2, 0.25) is 0 Å². The first-order chi connectivity index (χ1) is 21.0. The van der Waals surface area contributed by atoms with Gasteiger partial charge < -0.3 is 33.6 Å². The summed E-state index contributed by atoms with van der Waals surface area (Å²) in [5, 5.41) is 0. The van der Waals surface area contributed by atoms with Gasteiger partial charge in [-0.05, 0) is 55.4 Å². The predicted molar refractivity (Wildman–Crippen MR) is 169 cm³/mol. The fourth-order valence-electron chi connectivity index (χ4n) is 6.00. The summed E-state index contributed by atoms with van der Waals surface area (Å²) >= 11 is 0. The second-order valence-corrected chi connectivity index (χ2v) is 11.8. The molecule has 2 aliphatic rings. The highest BCUT2D eigenvalue weighted by molar-refractivity contribution is 5.76. The Hall–Kier alpha value is -2.56. The van der Waals surface area contributed by atoms with Crippen LogP contribution in [0.15, 0.2) is 48.7 Å². The van der Waals surface area contributed by atoms with E-state index in [4.69, 9.17) is 18.9 Å². The number of benzene rings is 1. The van der Waals surface area contributed by atoms with Crippen LogP contribution in [-0.2, 0) is 36.6 Å². The number of nitrogens with zero attached hydrogens (tertiary/aromatic N) is 4. The molecule has 2 saturated heterocycles. The molecule has 0 N–H and O–H groups in total. The van der Waals surface area contributed by atoms with E-state index in [0.717, 1.165) is 83.7 Å². The number of rotatable bonds is 17. The summed E-state index contributed by atoms with van der Waals surface area (Å²) in [5.41, 5.74) is 2.58. The summed E-state index contributed by atoms with van der Waals surface area (Å²) in [4.78, 5) is 24.1. The first-order valence-corrected chi connectivity index (χ1v) is 16.1. The maximum atomic E-state index is 12.8. The van der Waals surface area contributed by atoms with Gasteiger partial charge >= 0.3 is 0 Å². The first-order valence-electron chi connectivity index (χ1n) is 16.1. The van der Waals surface area contributed by atoms with Crippen LogP contribution in [0.3, 0.4) is 0 Å². The largest absolute Gasteiger partial charge is 0.381 e. The Bertz CT molecular complexity index is 1080. The number of unbranched alkanes of at least 4 members (excludes halogenated alkanes) is 1. The predicted octanol–water partition coefficient (Wildman–Crippen LogP) is 4.19. The molecule has 0 bridgehead atoms. The van der Waals surface area contributed by atoms with Crippen LogP contribution in [-0.4, -0.2) is 112 Å². The quantitative estimate of drug-likeness (QED) is 0.199. The Kier molecular flexibility index (Phi) is 13.7. The Balaban J connectivity index is 1.14. The molecule has 2 fully saturated rings. The van der Waals surface area contributed by atoms with E-state index >= 15 is 0 Å². The van der Waals surface area contributed by atoms with Crippen molar-refractivity contribution >= 4 is 11.7 Å². The molecule has 2 aromatic rings. The van der Waals surface area contributed by atoms with Gasteiger partial charge in [-0.1, -0.05) is 43.7 Å². The van der Waals surface area contributed by atoms with E-state index in [9.17, 15) is 4.79 Å². The summed E-state index contributed by atoms with van der Waals surface area (Å²) < 4.78 is 22.8. The Morgan fingerprint density at radius 3 is 2.56 bits per heavy atom. The average molecular weight is 597 g/mol. The zero-order chi connectivity index (χ0) is 30.3. The number of hydrogen-bond acceptors (Lipinski definition) is 8. The van der Waals surface area contributed by atoms with Gasteiger partial charge in [0, 0.05) is 59.7 Å². The molecule has 9 nitrogen and oxygen atoms in total. The number of pyridine rings is 1. The van der Waals surface area contributed by atoms with E-state index in [2.05, 4.69) is 58.1 Å². The van der Waals surface area contributed by atoms with Gasteiger partial charge in [0.05, 0.1) is 38.4 Å². The molecule has 1 spiro atoms. The number of anilines is 1. The fraction of sp³-hybridized carbons (Fsp3) is 0.647. The first kappa shape index (κ1) is 33.3. The fourth-order valence-corrected chi connectivity index (χ4v) is 6.00. The summed E-state index contributed by atoms with van der Waals surface area (Å²) in [6.07, 6.45) is 7.82. The molecule has 0 atom stereocenters. The standard InChI is InChI=1S/C34H52N4O5/c1-4-5-18-37(27-33(40-2)41-3)32(39)14-24-42-23-13-30-10-8-9-29(26-30)12-19-36-20-15-34(16-21-36)28-38(22-25-43-34)31-11-6-7-17-35-31/h6-11,17,26,33H,4-5,12-16,18-25,27-28H2,1-3H3. The molecule has 1 amide bonds. The second kappa shape index (κ2) is 17.7. The van der Waals surface area contributed by atoms with Gasteiger partial charge in [0.25, 0.3) is 0 Å². The minimum atomic E-state index is -0.407. The van der Waals surface area contributed by atoms with Crippen molar-refractivity contribution in [3.05, 3.63) is 59.8 Å². The van der Waals surface area contributed by atoms with Crippen molar-refractivity contribution < 1.29 is 23.7 Å². The summed E-state index contributed by atoms with van der Waals surface area (Å²) in [6.45, 7) is 10.1. The van der Waals surface area contributed by atoms with Crippen molar-refractivity contribution in [3.63, 3.8) is 0 Å². The highest BCUT2D eigenvalue weighted by Crippen LogP contribution is 2.31. The number of methoxy groups -OCH3 is 2. The second-order valence-electron chi connectivity index (χ2n) is 11.8. The lowest BCUT2D eigenvalue weighted by atomic mass is 9.89. The van der Waals surface area contributed by atoms with Gasteiger partial charge in [-0.2, -0.15) is 0 Å². The Labute approximate surface area is 258 Å². The highest BCUT2D eigenvalue weighted by atomic mass is 16.7. The van der Waals surface area contributed by atoms with Gasteiger partial charge in [0.2, 0.25) is 5.91 Å². The lowest BCUT2D eigenvalue weighted by Gasteiger charge is -2.47. The molecule has 43 heavy (non-hydrogen) atoms. The molecule has 238 valence electrons. The topological polar surface area (TPSA) is 76.6 Å². The van der Waals surface area contributed by atoms with Crippen LogP contribution in [0.1, 0.15) is 50.2 Å². The molecule has 0 unspecified atom stereocenters. The van der Waals surface area contributed by atoms with Crippen molar-refractivity contribution in [1.82, 2.24) is 14.8 Å². The van der Waals surface area contributed by atoms with Gasteiger partial charge in [0.15, 0.2) is 6.29 Å². The third-order valence-corrected chi connectivity index (χ3v) is 8.72. The molecule has 9 heteroatoms. The van der Waals surface area contributed by atoms with E-state index in [1.807, 2.05) is 17.2 Å². The number of likely N-dealkylation sites (tertiary alicyclic amines) is 1. The van der Waals surface area contributed by atoms with E-state index in [0.29, 0.717) is 32.7 Å². The number of aromatic nitrogens is 1. The molecule has 1 aromatic heterocycles. The number of ether oxygens (including phenoxy) is 4. The Morgan fingerprint density at radius 2 is 1.84 bits per heavy atom. The molecule has 2 aliphatic heterocycles. The third kappa shape index (κ3) is 10.5. The molecule has 0 radical (unpaired) electrons. The monoisotopic (exact) mass is 596 g/mol. The number of hydrogen-bond donors (Lipinski definition) is 0. The van der Waals surface area contributed by atoms with Crippen LogP contribution in [0.4, 0.5) is 5.82 Å². The zero-order valence-electron chi connectivity index (χ0n) is 26.5. The number of piperidine rings is 1. The molecular weight excluding hydrogens is 544 g/mol. The molecule has 0 aliphatic carbocycles. The minimum absolute atomic E-state index is 0.0547. The maximum absolute atomic E-state index is 12.8. The van der Waals surface area contributed by atoms with Gasteiger partial charge in [-0.3, -0.25) is 4.79 Å². The number of carbonyl (C=O) groups excluding carboxylic acids is 1. The lowest BCUT2D eigenvalue weighted by molar-refractivity contribution is -0.146. The van der Waals surface area contributed by atoms with E-state index in [1.165, 1.54) is 11.1 Å². The van der Waals surface area contributed by atoms with Gasteiger partial charge in [-0.15, -0.1) is 0 Å². The van der Waals surface area contributed by atoms with Crippen molar-refractivity contribution in [3.8, 4) is 0 Å². The number of amides is 1. The Morgan fingerprint density at radius 1 is 1.05 bits per heavy atom. The normalized spacial score (nSPS) is 17.1. The van der Waals surface area contributed by atoms with Crippen LogP contribution in [0.25, 0.3) is 0 Å². The third-order valence-electron chi connectivity index (χ3n) is 8.72. The lowest BCUT2D eigenvalue weighted by Crippen LogP contribution is -2.57. The van der Waals surface area contributed by atoms with Crippen LogP contribution in [0, 0.1) is 0 Å². The number of morpholine rings is 1. The molecule has 0 saturated carbocycles. The molecule has 3 heterocycles. The summed E-state index contributed by atoms with van der Waals surface area (Å²) in [7, 11) is 3.20. The van der Waals surface area contributed by atoms with Gasteiger partial charge in [0.1, 0.15) is 5.82 Å². The van der Waals surface area contributed by atoms with Crippen molar-refractivity contribution in [1.29, 1.82) is 0 Å². The number of carbonyl (C=O) groups is 1. The van der Waals surface area contributed by atoms with Crippen molar-refractivity contribution in [2.24, 2.45) is 0 Å². The maximum Gasteiger partial charge on any atom is 0.225 e. The minimum Gasteiger partial charge on any atom is -0.381 e. The molecule has 1 aromatic carbocycles. The summed E-state index contributed by atoms with van der Waals surface area (Å²) in [5.74, 6) is 1.14. The van der Waals surface area contributed by atoms with Gasteiger partial charge in [-0.25, -0.2) is 4.98 Å². The van der Waals surface area contributed by atoms with Crippen LogP contribution < -0.4 is 4.90 Å². The smallest absolute Gasteiger partial charge is 0.225 e. The molecule has 4 rings (SSSR count). The van der Waals surface area contributed by atoms with E-state index in [1.54, 1.807) is 14.2 Å². The van der Waals surface area contributed by atoms with E-state index in [-0.39, 0.29) is 11.5 Å². The van der Waals surface area contributed by atoms with Crippen LogP contribution >= 0.6 is 0 Å². The average Bonchev–Trinajstić information content (AvgIpc) is 3.05. The highest BCUT2D eigenvalue weighted by Gasteiger charge is 2.40. The SMILES string of the molecule is CCCCN(CC(OC)OC)C(=O)CCOCCc1cccc(CCN2CCC3(CC2)CN(c2ccccn2)CCO3)c1. The van der Waals surface area contributed by atoms with Crippen LogP contribution in [0.5, 0.6) is 0 Å².